The summed E-state index contributed by atoms with van der Waals surface area (Å²) in [5.74, 6) is 0.759. The number of piperazine rings is 1. The Morgan fingerprint density at radius 3 is 2.62 bits per heavy atom. The lowest BCUT2D eigenvalue weighted by Gasteiger charge is -2.32. The number of nitrogens with zero attached hydrogens (tertiary/aromatic N) is 2. The highest BCUT2D eigenvalue weighted by molar-refractivity contribution is 5.61. The number of anilines is 2. The predicted molar refractivity (Wildman–Crippen MR) is 89.0 cm³/mol. The number of nitrogen functional groups attached to an aromatic ring is 1. The Hall–Kier alpha value is -1.46. The van der Waals surface area contributed by atoms with E-state index in [2.05, 4.69) is 22.2 Å². The number of likely N-dealkylation sites (N-methyl/N-ethyl adjacent to an activating group) is 1. The summed E-state index contributed by atoms with van der Waals surface area (Å²) < 4.78 is 5.71. The van der Waals surface area contributed by atoms with E-state index in [-0.39, 0.29) is 6.10 Å². The van der Waals surface area contributed by atoms with Crippen LogP contribution in [0.5, 0.6) is 5.75 Å². The van der Waals surface area contributed by atoms with E-state index >= 15 is 0 Å². The molecule has 3 N–H and O–H groups in total. The van der Waals surface area contributed by atoms with Gasteiger partial charge in [0.05, 0.1) is 11.8 Å². The van der Waals surface area contributed by atoms with Gasteiger partial charge in [0.1, 0.15) is 5.75 Å². The van der Waals surface area contributed by atoms with Crippen LogP contribution in [-0.4, -0.2) is 62.2 Å². The van der Waals surface area contributed by atoms with Crippen LogP contribution in [-0.2, 0) is 0 Å². The van der Waals surface area contributed by atoms with Gasteiger partial charge in [0, 0.05) is 51.0 Å². The average Bonchev–Trinajstić information content (AvgIpc) is 2.44. The van der Waals surface area contributed by atoms with Crippen molar-refractivity contribution >= 4 is 11.4 Å². The molecule has 2 rings (SSSR count). The highest BCUT2D eigenvalue weighted by atomic mass is 16.5. The third kappa shape index (κ3) is 5.10. The van der Waals surface area contributed by atoms with Crippen LogP contribution in [0, 0.1) is 0 Å². The quantitative estimate of drug-likeness (QED) is 0.782. The molecule has 0 atom stereocenters. The zero-order valence-corrected chi connectivity index (χ0v) is 13.4. The van der Waals surface area contributed by atoms with Gasteiger partial charge in [0.2, 0.25) is 0 Å². The molecule has 0 bridgehead atoms. The minimum atomic E-state index is 0.132. The molecule has 0 unspecified atom stereocenters. The Balaban J connectivity index is 1.80. The van der Waals surface area contributed by atoms with Gasteiger partial charge in [0.25, 0.3) is 0 Å². The predicted octanol–water partition coefficient (Wildman–Crippen LogP) is 1.72. The van der Waals surface area contributed by atoms with Gasteiger partial charge >= 0.3 is 0 Å². The Morgan fingerprint density at radius 2 is 1.95 bits per heavy atom. The first-order valence-electron chi connectivity index (χ1n) is 7.75. The van der Waals surface area contributed by atoms with Crippen LogP contribution in [0.4, 0.5) is 11.4 Å². The van der Waals surface area contributed by atoms with Gasteiger partial charge in [0.15, 0.2) is 0 Å². The molecule has 5 nitrogen and oxygen atoms in total. The molecule has 21 heavy (non-hydrogen) atoms. The lowest BCUT2D eigenvalue weighted by molar-refractivity contribution is 0.158. The number of rotatable bonds is 6. The van der Waals surface area contributed by atoms with E-state index in [1.807, 2.05) is 32.0 Å². The molecule has 0 radical (unpaired) electrons. The van der Waals surface area contributed by atoms with Crippen molar-refractivity contribution in [1.29, 1.82) is 0 Å². The summed E-state index contributed by atoms with van der Waals surface area (Å²) in [6.45, 7) is 10.7. The fourth-order valence-electron chi connectivity index (χ4n) is 2.43. The van der Waals surface area contributed by atoms with Crippen molar-refractivity contribution in [3.05, 3.63) is 18.2 Å². The molecule has 1 aliphatic rings. The van der Waals surface area contributed by atoms with Gasteiger partial charge in [-0.1, -0.05) is 0 Å². The minimum absolute atomic E-state index is 0.132. The maximum absolute atomic E-state index is 5.93. The van der Waals surface area contributed by atoms with Gasteiger partial charge in [-0.25, -0.2) is 0 Å². The highest BCUT2D eigenvalue weighted by Gasteiger charge is 2.12. The molecule has 0 aromatic heterocycles. The summed E-state index contributed by atoms with van der Waals surface area (Å²) in [5, 5.41) is 3.45. The second kappa shape index (κ2) is 7.52. The smallest absolute Gasteiger partial charge is 0.144 e. The molecule has 0 saturated carbocycles. The fraction of sp³-hybridized carbons (Fsp3) is 0.625. The Bertz CT molecular complexity index is 442. The van der Waals surface area contributed by atoms with Crippen LogP contribution < -0.4 is 15.8 Å². The summed E-state index contributed by atoms with van der Waals surface area (Å²) >= 11 is 0. The summed E-state index contributed by atoms with van der Waals surface area (Å²) in [4.78, 5) is 4.87. The van der Waals surface area contributed by atoms with Crippen LogP contribution in [0.15, 0.2) is 18.2 Å². The zero-order valence-electron chi connectivity index (χ0n) is 13.4. The summed E-state index contributed by atoms with van der Waals surface area (Å²) in [6.07, 6.45) is 0.132. The summed E-state index contributed by atoms with van der Waals surface area (Å²) in [6, 6.07) is 5.89. The molecule has 1 aromatic carbocycles. The number of benzene rings is 1. The third-order valence-electron chi connectivity index (χ3n) is 3.73. The van der Waals surface area contributed by atoms with E-state index in [9.17, 15) is 0 Å². The van der Waals surface area contributed by atoms with Crippen molar-refractivity contribution in [3.63, 3.8) is 0 Å². The standard InChI is InChI=1S/C16H28N4O/c1-13(2)21-16-12-14(4-5-15(16)17)18-6-7-20-10-8-19(3)9-11-20/h4-5,12-13,18H,6-11,17H2,1-3H3. The largest absolute Gasteiger partial charge is 0.489 e. The summed E-state index contributed by atoms with van der Waals surface area (Å²) in [5.41, 5.74) is 7.68. The highest BCUT2D eigenvalue weighted by Crippen LogP contribution is 2.26. The molecular weight excluding hydrogens is 264 g/mol. The van der Waals surface area contributed by atoms with E-state index in [1.165, 1.54) is 0 Å². The van der Waals surface area contributed by atoms with E-state index < -0.39 is 0 Å². The number of nitrogens with two attached hydrogens (primary N) is 1. The molecule has 1 saturated heterocycles. The van der Waals surface area contributed by atoms with Gasteiger partial charge < -0.3 is 20.7 Å². The topological polar surface area (TPSA) is 53.8 Å². The van der Waals surface area contributed by atoms with Gasteiger partial charge in [-0.3, -0.25) is 4.90 Å². The molecule has 1 heterocycles. The lowest BCUT2D eigenvalue weighted by atomic mass is 10.2. The van der Waals surface area contributed by atoms with Crippen LogP contribution >= 0.6 is 0 Å². The number of nitrogens with one attached hydrogen (secondary N) is 1. The number of hydrogen-bond donors (Lipinski definition) is 2. The molecule has 118 valence electrons. The molecule has 1 fully saturated rings. The maximum atomic E-state index is 5.93. The van der Waals surface area contributed by atoms with Crippen molar-refractivity contribution in [2.75, 3.05) is 57.4 Å². The van der Waals surface area contributed by atoms with E-state index in [4.69, 9.17) is 10.5 Å². The second-order valence-electron chi connectivity index (χ2n) is 5.99. The van der Waals surface area contributed by atoms with Crippen molar-refractivity contribution in [3.8, 4) is 5.75 Å². The Morgan fingerprint density at radius 1 is 1.24 bits per heavy atom. The maximum Gasteiger partial charge on any atom is 0.144 e. The van der Waals surface area contributed by atoms with Gasteiger partial charge in [-0.2, -0.15) is 0 Å². The Labute approximate surface area is 128 Å². The van der Waals surface area contributed by atoms with Gasteiger partial charge in [-0.15, -0.1) is 0 Å². The van der Waals surface area contributed by atoms with E-state index in [0.717, 1.165) is 50.7 Å². The second-order valence-corrected chi connectivity index (χ2v) is 5.99. The first kappa shape index (κ1) is 15.9. The van der Waals surface area contributed by atoms with E-state index in [0.29, 0.717) is 5.69 Å². The average molecular weight is 292 g/mol. The molecule has 0 amide bonds. The minimum Gasteiger partial charge on any atom is -0.489 e. The van der Waals surface area contributed by atoms with Crippen LogP contribution in [0.2, 0.25) is 0 Å². The fourth-order valence-corrected chi connectivity index (χ4v) is 2.43. The van der Waals surface area contributed by atoms with Crippen LogP contribution in [0.3, 0.4) is 0 Å². The number of hydrogen-bond acceptors (Lipinski definition) is 5. The molecule has 0 spiro atoms. The lowest BCUT2D eigenvalue weighted by Crippen LogP contribution is -2.45. The monoisotopic (exact) mass is 292 g/mol. The van der Waals surface area contributed by atoms with Crippen LogP contribution in [0.1, 0.15) is 13.8 Å². The molecule has 1 aliphatic heterocycles. The van der Waals surface area contributed by atoms with E-state index in [1.54, 1.807) is 0 Å². The number of ether oxygens (including phenoxy) is 1. The van der Waals surface area contributed by atoms with Gasteiger partial charge in [-0.05, 0) is 33.0 Å². The molecule has 5 heteroatoms. The Kier molecular flexibility index (Phi) is 5.70. The van der Waals surface area contributed by atoms with Crippen LogP contribution in [0.25, 0.3) is 0 Å². The molecule has 0 aliphatic carbocycles. The van der Waals surface area contributed by atoms with Crippen molar-refractivity contribution in [2.45, 2.75) is 20.0 Å². The SMILES string of the molecule is CC(C)Oc1cc(NCCN2CCN(C)CC2)ccc1N. The van der Waals surface area contributed by atoms with Crippen molar-refractivity contribution < 1.29 is 4.74 Å². The normalized spacial score (nSPS) is 17.1. The first-order chi connectivity index (χ1) is 10.0. The summed E-state index contributed by atoms with van der Waals surface area (Å²) in [7, 11) is 2.18. The third-order valence-corrected chi connectivity index (χ3v) is 3.73. The first-order valence-corrected chi connectivity index (χ1v) is 7.75. The van der Waals surface area contributed by atoms with Crippen molar-refractivity contribution in [1.82, 2.24) is 9.80 Å². The molecular formula is C16H28N4O. The van der Waals surface area contributed by atoms with Crippen molar-refractivity contribution in [2.24, 2.45) is 0 Å². The molecule has 1 aromatic rings. The zero-order chi connectivity index (χ0) is 15.2.